The Hall–Kier alpha value is -3.97. The van der Waals surface area contributed by atoms with Crippen molar-refractivity contribution in [1.82, 2.24) is 20.9 Å². The first-order valence-corrected chi connectivity index (χ1v) is 13.3. The van der Waals surface area contributed by atoms with E-state index in [9.17, 15) is 14.0 Å². The molecule has 12 heteroatoms. The van der Waals surface area contributed by atoms with Crippen LogP contribution >= 0.6 is 23.6 Å². The third-order valence-corrected chi connectivity index (χ3v) is 7.03. The molecule has 2 aromatic carbocycles. The van der Waals surface area contributed by atoms with Crippen LogP contribution in [0.2, 0.25) is 0 Å². The summed E-state index contributed by atoms with van der Waals surface area (Å²) in [4.78, 5) is 29.7. The number of carbonyl (C=O) groups excluding carboxylic acids is 2. The first-order chi connectivity index (χ1) is 18.9. The molecule has 1 saturated heterocycles. The summed E-state index contributed by atoms with van der Waals surface area (Å²) < 4.78 is 26.9. The lowest BCUT2D eigenvalue weighted by molar-refractivity contribution is -0.119. The minimum Gasteiger partial charge on any atom is -0.453 e. The normalized spacial score (nSPS) is 14.9. The molecule has 4 N–H and O–H groups in total. The lowest BCUT2D eigenvalue weighted by atomic mass is 10.1. The van der Waals surface area contributed by atoms with Gasteiger partial charge in [0, 0.05) is 37.1 Å². The summed E-state index contributed by atoms with van der Waals surface area (Å²) in [6.07, 6.45) is 1.29. The molecule has 2 amide bonds. The van der Waals surface area contributed by atoms with Crippen LogP contribution in [0.25, 0.3) is 10.2 Å². The van der Waals surface area contributed by atoms with Gasteiger partial charge in [0.15, 0.2) is 16.7 Å². The molecule has 3 heterocycles. The highest BCUT2D eigenvalue weighted by molar-refractivity contribution is 7.80. The molecule has 0 aliphatic carbocycles. The van der Waals surface area contributed by atoms with Crippen LogP contribution in [0.3, 0.4) is 0 Å². The number of pyridine rings is 1. The van der Waals surface area contributed by atoms with Crippen LogP contribution in [0.15, 0.2) is 66.9 Å². The van der Waals surface area contributed by atoms with E-state index in [1.165, 1.54) is 29.7 Å². The average molecular weight is 566 g/mol. The number of nitrogens with zero attached hydrogens (tertiary/aromatic N) is 1. The van der Waals surface area contributed by atoms with E-state index in [2.05, 4.69) is 26.3 Å². The van der Waals surface area contributed by atoms with Crippen molar-refractivity contribution in [3.8, 4) is 11.5 Å². The quantitative estimate of drug-likeness (QED) is 0.249. The van der Waals surface area contributed by atoms with Crippen LogP contribution < -0.4 is 26.0 Å². The summed E-state index contributed by atoms with van der Waals surface area (Å²) in [6.45, 7) is 1.79. The number of anilines is 1. The van der Waals surface area contributed by atoms with Gasteiger partial charge in [0.2, 0.25) is 5.91 Å². The van der Waals surface area contributed by atoms with E-state index in [4.69, 9.17) is 21.7 Å². The van der Waals surface area contributed by atoms with E-state index in [1.807, 2.05) is 30.3 Å². The maximum absolute atomic E-state index is 14.9. The Kier molecular flexibility index (Phi) is 8.37. The third kappa shape index (κ3) is 6.92. The van der Waals surface area contributed by atoms with Crippen molar-refractivity contribution in [3.05, 3.63) is 83.1 Å². The van der Waals surface area contributed by atoms with Gasteiger partial charge < -0.3 is 30.7 Å². The number of halogens is 1. The second kappa shape index (κ2) is 12.3. The summed E-state index contributed by atoms with van der Waals surface area (Å²) in [5.74, 6) is -0.866. The van der Waals surface area contributed by atoms with Gasteiger partial charge in [-0.2, -0.15) is 0 Å². The molecule has 39 heavy (non-hydrogen) atoms. The minimum absolute atomic E-state index is 0.0202. The molecular formula is C27H24FN5O4S2. The van der Waals surface area contributed by atoms with Crippen molar-refractivity contribution in [2.45, 2.75) is 12.6 Å². The largest absolute Gasteiger partial charge is 0.453 e. The molecule has 1 aliphatic heterocycles. The van der Waals surface area contributed by atoms with Gasteiger partial charge in [-0.05, 0) is 36.0 Å². The zero-order valence-electron chi connectivity index (χ0n) is 20.5. The smallest absolute Gasteiger partial charge is 0.263 e. The Morgan fingerprint density at radius 2 is 2.00 bits per heavy atom. The SMILES string of the molecule is O=C(Cc1ccccc1)NC(=S)Nc1ccc(Oc2ccnc3cc(C(=O)NC4CNCCO4)sc23)c(F)c1. The van der Waals surface area contributed by atoms with E-state index in [1.54, 1.807) is 18.2 Å². The van der Waals surface area contributed by atoms with Gasteiger partial charge in [0.1, 0.15) is 12.0 Å². The molecule has 0 bridgehead atoms. The second-order valence-corrected chi connectivity index (χ2v) is 10.0. The molecule has 4 aromatic rings. The summed E-state index contributed by atoms with van der Waals surface area (Å²) in [7, 11) is 0. The van der Waals surface area contributed by atoms with Gasteiger partial charge in [-0.3, -0.25) is 14.6 Å². The van der Waals surface area contributed by atoms with Crippen LogP contribution in [0.1, 0.15) is 15.2 Å². The molecule has 200 valence electrons. The van der Waals surface area contributed by atoms with Crippen molar-refractivity contribution in [1.29, 1.82) is 0 Å². The Morgan fingerprint density at radius 1 is 1.15 bits per heavy atom. The van der Waals surface area contributed by atoms with E-state index in [-0.39, 0.29) is 29.1 Å². The number of rotatable bonds is 7. The van der Waals surface area contributed by atoms with Crippen molar-refractivity contribution in [2.75, 3.05) is 25.0 Å². The molecule has 1 aliphatic rings. The van der Waals surface area contributed by atoms with Gasteiger partial charge in [0.05, 0.1) is 28.1 Å². The van der Waals surface area contributed by atoms with Gasteiger partial charge in [0.25, 0.3) is 5.91 Å². The first-order valence-electron chi connectivity index (χ1n) is 12.1. The number of morpholine rings is 1. The van der Waals surface area contributed by atoms with Gasteiger partial charge in [-0.1, -0.05) is 30.3 Å². The molecule has 1 unspecified atom stereocenters. The fourth-order valence-corrected chi connectivity index (χ4v) is 5.08. The lowest BCUT2D eigenvalue weighted by Gasteiger charge is -2.24. The Morgan fingerprint density at radius 3 is 2.77 bits per heavy atom. The summed E-state index contributed by atoms with van der Waals surface area (Å²) in [5.41, 5.74) is 1.75. The zero-order valence-corrected chi connectivity index (χ0v) is 22.2. The van der Waals surface area contributed by atoms with Crippen LogP contribution in [0, 0.1) is 5.82 Å². The molecule has 0 spiro atoms. The van der Waals surface area contributed by atoms with Crippen molar-refractivity contribution >= 4 is 56.4 Å². The molecule has 1 fully saturated rings. The Bertz CT molecular complexity index is 1510. The number of thiocarbonyl (C=S) groups is 1. The Labute approximate surface area is 232 Å². The minimum atomic E-state index is -0.639. The van der Waals surface area contributed by atoms with Crippen molar-refractivity contribution in [2.24, 2.45) is 0 Å². The van der Waals surface area contributed by atoms with Crippen LogP contribution in [-0.4, -0.2) is 47.8 Å². The number of benzene rings is 2. The number of carbonyl (C=O) groups is 2. The third-order valence-electron chi connectivity index (χ3n) is 5.69. The number of fused-ring (bicyclic) bond motifs is 1. The number of thiophene rings is 1. The molecular weight excluding hydrogens is 541 g/mol. The topological polar surface area (TPSA) is 114 Å². The van der Waals surface area contributed by atoms with E-state index in [0.717, 1.165) is 12.1 Å². The maximum atomic E-state index is 14.9. The first kappa shape index (κ1) is 26.6. The second-order valence-electron chi connectivity index (χ2n) is 8.58. The van der Waals surface area contributed by atoms with Gasteiger partial charge in [-0.15, -0.1) is 11.3 Å². The van der Waals surface area contributed by atoms with Crippen molar-refractivity contribution in [3.63, 3.8) is 0 Å². The molecule has 9 nitrogen and oxygen atoms in total. The number of hydrogen-bond acceptors (Lipinski definition) is 8. The van der Waals surface area contributed by atoms with Crippen molar-refractivity contribution < 1.29 is 23.5 Å². The van der Waals surface area contributed by atoms with Crippen LogP contribution in [-0.2, 0) is 16.0 Å². The number of hydrogen-bond donors (Lipinski definition) is 4. The highest BCUT2D eigenvalue weighted by Gasteiger charge is 2.20. The number of ether oxygens (including phenoxy) is 2. The van der Waals surface area contributed by atoms with Gasteiger partial charge >= 0.3 is 0 Å². The molecule has 1 atom stereocenters. The summed E-state index contributed by atoms with van der Waals surface area (Å²) in [6, 6.07) is 16.8. The highest BCUT2D eigenvalue weighted by Crippen LogP contribution is 2.36. The van der Waals surface area contributed by atoms with E-state index < -0.39 is 12.0 Å². The standard InChI is InChI=1S/C27H24FN5O4S2/c28-18-13-17(31-27(38)32-23(34)12-16-4-2-1-3-5-16)6-7-20(18)37-21-8-9-30-19-14-22(39-25(19)21)26(35)33-24-15-29-10-11-36-24/h1-9,13-14,24,29H,10-12,15H2,(H,33,35)(H2,31,32,34,38). The Balaban J connectivity index is 1.22. The number of aromatic nitrogens is 1. The number of amides is 2. The predicted molar refractivity (Wildman–Crippen MR) is 151 cm³/mol. The fourth-order valence-electron chi connectivity index (χ4n) is 3.88. The van der Waals surface area contributed by atoms with E-state index in [0.29, 0.717) is 39.7 Å². The molecule has 2 aromatic heterocycles. The predicted octanol–water partition coefficient (Wildman–Crippen LogP) is 3.96. The zero-order chi connectivity index (χ0) is 27.2. The average Bonchev–Trinajstić information content (AvgIpc) is 3.37. The van der Waals surface area contributed by atoms with Gasteiger partial charge in [-0.25, -0.2) is 4.39 Å². The summed E-state index contributed by atoms with van der Waals surface area (Å²) in [5, 5.41) is 11.4. The molecule has 0 saturated carbocycles. The fraction of sp³-hybridized carbons (Fsp3) is 0.185. The highest BCUT2D eigenvalue weighted by atomic mass is 32.1. The monoisotopic (exact) mass is 565 g/mol. The van der Waals surface area contributed by atoms with Crippen LogP contribution in [0.5, 0.6) is 11.5 Å². The lowest BCUT2D eigenvalue weighted by Crippen LogP contribution is -2.48. The molecule has 0 radical (unpaired) electrons. The van der Waals surface area contributed by atoms with Crippen LogP contribution in [0.4, 0.5) is 10.1 Å². The molecule has 5 rings (SSSR count). The van der Waals surface area contributed by atoms with E-state index >= 15 is 0 Å². The number of nitrogens with one attached hydrogen (secondary N) is 4. The summed E-state index contributed by atoms with van der Waals surface area (Å²) >= 11 is 6.39. The maximum Gasteiger partial charge on any atom is 0.263 e.